The van der Waals surface area contributed by atoms with Crippen LogP contribution < -0.4 is 0 Å². The number of ether oxygens (including phenoxy) is 1. The number of aliphatic hydroxyl groups is 3. The maximum Gasteiger partial charge on any atom is 0.0756 e. The fourth-order valence-corrected chi connectivity index (χ4v) is 5.03. The van der Waals surface area contributed by atoms with Crippen LogP contribution in [0.5, 0.6) is 0 Å². The topological polar surface area (TPSA) is 69.9 Å². The fraction of sp³-hybridized carbons (Fsp3) is 0.905. The first-order chi connectivity index (χ1) is 11.5. The number of aliphatic hydroxyl groups excluding tert-OH is 2. The lowest BCUT2D eigenvalue weighted by atomic mass is 9.57. The molecule has 1 aliphatic carbocycles. The zero-order chi connectivity index (χ0) is 19.0. The molecule has 0 aromatic rings. The second-order valence-corrected chi connectivity index (χ2v) is 9.08. The third-order valence-electron chi connectivity index (χ3n) is 6.87. The molecule has 0 spiro atoms. The Hall–Kier alpha value is -0.420. The molecule has 25 heavy (non-hydrogen) atoms. The van der Waals surface area contributed by atoms with E-state index < -0.39 is 17.1 Å². The van der Waals surface area contributed by atoms with Gasteiger partial charge in [-0.2, -0.15) is 0 Å². The Kier molecular flexibility index (Phi) is 6.41. The van der Waals surface area contributed by atoms with E-state index in [2.05, 4.69) is 27.7 Å². The molecule has 1 saturated heterocycles. The van der Waals surface area contributed by atoms with Gasteiger partial charge in [-0.15, -0.1) is 0 Å². The van der Waals surface area contributed by atoms with Crippen molar-refractivity contribution in [1.29, 1.82) is 0 Å². The molecule has 6 unspecified atom stereocenters. The van der Waals surface area contributed by atoms with Crippen molar-refractivity contribution < 1.29 is 20.1 Å². The maximum atomic E-state index is 11.6. The molecule has 6 atom stereocenters. The van der Waals surface area contributed by atoms with Crippen LogP contribution in [-0.4, -0.2) is 45.8 Å². The third kappa shape index (κ3) is 3.97. The molecule has 4 heteroatoms. The lowest BCUT2D eigenvalue weighted by Crippen LogP contribution is -2.54. The molecule has 1 aliphatic heterocycles. The minimum atomic E-state index is -0.817. The van der Waals surface area contributed by atoms with E-state index in [-0.39, 0.29) is 12.2 Å². The summed E-state index contributed by atoms with van der Waals surface area (Å²) in [7, 11) is 0. The van der Waals surface area contributed by atoms with Crippen LogP contribution >= 0.6 is 0 Å². The normalized spacial score (nSPS) is 35.9. The first-order valence-electron chi connectivity index (χ1n) is 9.93. The van der Waals surface area contributed by atoms with Gasteiger partial charge in [0, 0.05) is 11.3 Å². The highest BCUT2D eigenvalue weighted by atomic mass is 16.5. The van der Waals surface area contributed by atoms with Gasteiger partial charge in [-0.05, 0) is 57.4 Å². The Bertz CT molecular complexity index is 496. The van der Waals surface area contributed by atoms with Gasteiger partial charge in [0.25, 0.3) is 0 Å². The summed E-state index contributed by atoms with van der Waals surface area (Å²) >= 11 is 0. The lowest BCUT2D eigenvalue weighted by molar-refractivity contribution is -0.166. The molecule has 2 aliphatic rings. The van der Waals surface area contributed by atoms with Crippen molar-refractivity contribution in [3.8, 4) is 0 Å². The van der Waals surface area contributed by atoms with Gasteiger partial charge in [0.1, 0.15) is 0 Å². The average molecular weight is 355 g/mol. The van der Waals surface area contributed by atoms with Gasteiger partial charge in [-0.25, -0.2) is 0 Å². The summed E-state index contributed by atoms with van der Waals surface area (Å²) in [6.45, 7) is 13.0. The minimum Gasteiger partial charge on any atom is -0.393 e. The summed E-state index contributed by atoms with van der Waals surface area (Å²) in [5, 5.41) is 31.8. The summed E-state index contributed by atoms with van der Waals surface area (Å²) in [4.78, 5) is 0. The Labute approximate surface area is 153 Å². The maximum absolute atomic E-state index is 11.6. The van der Waals surface area contributed by atoms with Crippen molar-refractivity contribution in [3.63, 3.8) is 0 Å². The zero-order valence-corrected chi connectivity index (χ0v) is 16.9. The third-order valence-corrected chi connectivity index (χ3v) is 6.87. The van der Waals surface area contributed by atoms with E-state index in [0.717, 1.165) is 18.4 Å². The second-order valence-electron chi connectivity index (χ2n) is 9.08. The van der Waals surface area contributed by atoms with Crippen LogP contribution in [0.4, 0.5) is 0 Å². The highest BCUT2D eigenvalue weighted by Gasteiger charge is 2.52. The molecule has 1 heterocycles. The molecule has 0 aromatic carbocycles. The summed E-state index contributed by atoms with van der Waals surface area (Å²) in [6.07, 6.45) is 2.89. The molecule has 0 radical (unpaired) electrons. The SMILES string of the molecule is CCC(O)C1=C(C)CCC(O)(CC(C)C2COC2CC(C)O)C1(C)C. The molecule has 4 nitrogen and oxygen atoms in total. The molecular weight excluding hydrogens is 316 g/mol. The zero-order valence-electron chi connectivity index (χ0n) is 16.9. The summed E-state index contributed by atoms with van der Waals surface area (Å²) < 4.78 is 5.65. The van der Waals surface area contributed by atoms with Crippen molar-refractivity contribution >= 4 is 0 Å². The summed E-state index contributed by atoms with van der Waals surface area (Å²) in [5.74, 6) is 0.709. The number of hydrogen-bond donors (Lipinski definition) is 3. The Morgan fingerprint density at radius 2 is 1.88 bits per heavy atom. The van der Waals surface area contributed by atoms with E-state index in [1.54, 1.807) is 6.92 Å². The fourth-order valence-electron chi connectivity index (χ4n) is 5.03. The molecular formula is C21H38O4. The average Bonchev–Trinajstić information content (AvgIpc) is 2.47. The van der Waals surface area contributed by atoms with E-state index in [1.165, 1.54) is 5.57 Å². The molecule has 0 saturated carbocycles. The van der Waals surface area contributed by atoms with Gasteiger partial charge in [-0.3, -0.25) is 0 Å². The van der Waals surface area contributed by atoms with Crippen LogP contribution in [0.15, 0.2) is 11.1 Å². The van der Waals surface area contributed by atoms with E-state index in [4.69, 9.17) is 4.74 Å². The van der Waals surface area contributed by atoms with Gasteiger partial charge < -0.3 is 20.1 Å². The molecule has 1 fully saturated rings. The minimum absolute atomic E-state index is 0.100. The van der Waals surface area contributed by atoms with Gasteiger partial charge in [0.2, 0.25) is 0 Å². The number of allylic oxidation sites excluding steroid dienone is 1. The van der Waals surface area contributed by atoms with Crippen LogP contribution in [-0.2, 0) is 4.74 Å². The number of hydrogen-bond acceptors (Lipinski definition) is 4. The Morgan fingerprint density at radius 1 is 1.24 bits per heavy atom. The summed E-state index contributed by atoms with van der Waals surface area (Å²) in [6, 6.07) is 0. The molecule has 0 bridgehead atoms. The molecule has 146 valence electrons. The largest absolute Gasteiger partial charge is 0.393 e. The van der Waals surface area contributed by atoms with Crippen LogP contribution in [0, 0.1) is 17.3 Å². The Morgan fingerprint density at radius 3 is 2.36 bits per heavy atom. The quantitative estimate of drug-likeness (QED) is 0.613. The predicted octanol–water partition coefficient (Wildman–Crippen LogP) is 3.44. The Balaban J connectivity index is 2.15. The highest BCUT2D eigenvalue weighted by molar-refractivity contribution is 5.31. The van der Waals surface area contributed by atoms with E-state index in [9.17, 15) is 15.3 Å². The van der Waals surface area contributed by atoms with Gasteiger partial charge in [0.15, 0.2) is 0 Å². The van der Waals surface area contributed by atoms with Gasteiger partial charge in [-0.1, -0.05) is 33.3 Å². The van der Waals surface area contributed by atoms with Crippen molar-refractivity contribution in [2.24, 2.45) is 17.3 Å². The van der Waals surface area contributed by atoms with Crippen LogP contribution in [0.25, 0.3) is 0 Å². The van der Waals surface area contributed by atoms with Crippen LogP contribution in [0.3, 0.4) is 0 Å². The van der Waals surface area contributed by atoms with Gasteiger partial charge >= 0.3 is 0 Å². The molecule has 3 N–H and O–H groups in total. The number of rotatable bonds is 7. The highest BCUT2D eigenvalue weighted by Crippen LogP contribution is 2.52. The second kappa shape index (κ2) is 7.67. The van der Waals surface area contributed by atoms with E-state index in [0.29, 0.717) is 37.7 Å². The molecule has 2 rings (SSSR count). The van der Waals surface area contributed by atoms with Gasteiger partial charge in [0.05, 0.1) is 30.5 Å². The monoisotopic (exact) mass is 354 g/mol. The predicted molar refractivity (Wildman–Crippen MR) is 100 cm³/mol. The van der Waals surface area contributed by atoms with Crippen molar-refractivity contribution in [3.05, 3.63) is 11.1 Å². The lowest BCUT2D eigenvalue weighted by Gasteiger charge is -2.52. The van der Waals surface area contributed by atoms with Crippen LogP contribution in [0.1, 0.15) is 73.6 Å². The molecule has 0 aromatic heterocycles. The van der Waals surface area contributed by atoms with E-state index >= 15 is 0 Å². The standard InChI is InChI=1S/C21H38O4/c1-7-17(23)19-13(2)8-9-21(24,20(19,5)6)11-14(3)16-12-25-18(16)10-15(4)22/h14-18,22-24H,7-12H2,1-6H3. The first kappa shape index (κ1) is 20.9. The van der Waals surface area contributed by atoms with Crippen molar-refractivity contribution in [2.75, 3.05) is 6.61 Å². The first-order valence-corrected chi connectivity index (χ1v) is 9.93. The smallest absolute Gasteiger partial charge is 0.0756 e. The van der Waals surface area contributed by atoms with Crippen LogP contribution in [0.2, 0.25) is 0 Å². The van der Waals surface area contributed by atoms with E-state index in [1.807, 2.05) is 6.92 Å². The van der Waals surface area contributed by atoms with Crippen molar-refractivity contribution in [2.45, 2.75) is 97.6 Å². The summed E-state index contributed by atoms with van der Waals surface area (Å²) in [5.41, 5.74) is 1.00. The molecule has 0 amide bonds. The van der Waals surface area contributed by atoms with Crippen molar-refractivity contribution in [1.82, 2.24) is 0 Å².